The van der Waals surface area contributed by atoms with Crippen LogP contribution in [0.25, 0.3) is 89.7 Å². The van der Waals surface area contributed by atoms with Gasteiger partial charge in [-0.05, 0) is 144 Å². The molecule has 0 spiro atoms. The number of rotatable bonds is 40. The van der Waals surface area contributed by atoms with Crippen molar-refractivity contribution < 1.29 is 76.3 Å². The number of hydrogen-bond donors (Lipinski definition) is 10. The molecular weight excluding hydrogens is 1440 g/mol. The van der Waals surface area contributed by atoms with Crippen LogP contribution in [0.1, 0.15) is 203 Å². The lowest BCUT2D eigenvalue weighted by Gasteiger charge is -2.14. The van der Waals surface area contributed by atoms with Crippen molar-refractivity contribution in [3.63, 3.8) is 0 Å². The molecule has 0 unspecified atom stereocenters. The number of hydrogen-bond acceptors (Lipinski definition) is 22. The Balaban J connectivity index is 1.40. The molecule has 7 aromatic rings. The molecule has 5 heterocycles. The Bertz CT molecular complexity index is 4060. The van der Waals surface area contributed by atoms with Gasteiger partial charge < -0.3 is 90.4 Å². The van der Waals surface area contributed by atoms with E-state index in [9.17, 15) is 38.4 Å². The number of ether oxygens (including phenoxy) is 8. The van der Waals surface area contributed by atoms with Crippen LogP contribution >= 0.6 is 0 Å². The van der Waals surface area contributed by atoms with Crippen molar-refractivity contribution in [1.29, 1.82) is 0 Å². The summed E-state index contributed by atoms with van der Waals surface area (Å²) < 4.78 is 47.0. The van der Waals surface area contributed by atoms with Crippen LogP contribution in [-0.2, 0) is 90.7 Å². The molecule has 2 aliphatic rings. The van der Waals surface area contributed by atoms with E-state index in [4.69, 9.17) is 67.8 Å². The third kappa shape index (κ3) is 24.2. The zero-order valence-corrected chi connectivity index (χ0v) is 65.5. The Labute approximate surface area is 650 Å². The molecule has 0 aliphatic carbocycles. The smallest absolute Gasteiger partial charge is 0.407 e. The highest BCUT2D eigenvalue weighted by atomic mass is 16.6. The van der Waals surface area contributed by atoms with Gasteiger partial charge in [0.15, 0.2) is 23.3 Å². The highest BCUT2D eigenvalue weighted by Crippen LogP contribution is 2.41. The third-order valence-electron chi connectivity index (χ3n) is 18.4. The van der Waals surface area contributed by atoms with Crippen LogP contribution < -0.4 is 42.5 Å². The van der Waals surface area contributed by atoms with Crippen molar-refractivity contribution in [3.05, 3.63) is 93.0 Å². The second-order valence-corrected chi connectivity index (χ2v) is 27.1. The molecule has 3 aromatic heterocycles. The minimum Gasteiger partial charge on any atom is -0.445 e. The van der Waals surface area contributed by atoms with E-state index in [0.717, 1.165) is 51.4 Å². The normalized spacial score (nSPS) is 11.2. The molecule has 0 saturated carbocycles. The SMILES string of the molecule is CCCCNC(=O)OCc1cc2c(cc1COC(=O)NCCCC)-c1nc-2nc2[nH]c(nc3nc(nc4[nH]c(n1)c1cc(COC(=O)NCCCC)c(COC(=O)NCCCC)cc41)-c1cc(COC(=O)NCCCC)c(COC(=O)NCCCC)cc1-3)c1cc(COC(=O)NCCCC)c(COC(=O)NCCCC)cc21. The van der Waals surface area contributed by atoms with Gasteiger partial charge in [-0.15, -0.1) is 0 Å². The summed E-state index contributed by atoms with van der Waals surface area (Å²) in [7, 11) is 0. The number of fused-ring (bicyclic) bond motifs is 20. The van der Waals surface area contributed by atoms with Crippen LogP contribution in [0.3, 0.4) is 0 Å². The van der Waals surface area contributed by atoms with Crippen LogP contribution in [-0.4, -0.2) is 141 Å². The summed E-state index contributed by atoms with van der Waals surface area (Å²) in [5.74, 6) is 0.315. The van der Waals surface area contributed by atoms with Crippen molar-refractivity contribution in [2.45, 2.75) is 211 Å². The number of carbonyl (C=O) groups is 8. The van der Waals surface area contributed by atoms with Gasteiger partial charge in [-0.25, -0.2) is 68.3 Å². The molecule has 0 atom stereocenters. The van der Waals surface area contributed by atoms with E-state index in [1.807, 2.05) is 55.4 Å². The molecule has 8 bridgehead atoms. The van der Waals surface area contributed by atoms with Gasteiger partial charge in [0.2, 0.25) is 0 Å². The molecular formula is C80H106N16O16. The first kappa shape index (κ1) is 84.4. The second-order valence-electron chi connectivity index (χ2n) is 27.1. The summed E-state index contributed by atoms with van der Waals surface area (Å²) in [5.41, 5.74) is 5.63. The lowest BCUT2D eigenvalue weighted by Crippen LogP contribution is -2.26. The van der Waals surface area contributed by atoms with Crippen LogP contribution in [0.5, 0.6) is 0 Å². The number of amides is 8. The molecule has 0 fully saturated rings. The summed E-state index contributed by atoms with van der Waals surface area (Å²) in [6.07, 6.45) is 6.85. The predicted octanol–water partition coefficient (Wildman–Crippen LogP) is 15.1. The lowest BCUT2D eigenvalue weighted by molar-refractivity contribution is 0.131. The Kier molecular flexibility index (Phi) is 32.9. The number of aromatic nitrogens is 8. The van der Waals surface area contributed by atoms with E-state index >= 15 is 0 Å². The predicted molar refractivity (Wildman–Crippen MR) is 421 cm³/mol. The molecule has 0 saturated heterocycles. The molecule has 4 aromatic carbocycles. The summed E-state index contributed by atoms with van der Waals surface area (Å²) in [4.78, 5) is 146. The van der Waals surface area contributed by atoms with Crippen molar-refractivity contribution in [2.75, 3.05) is 52.4 Å². The molecule has 112 heavy (non-hydrogen) atoms. The van der Waals surface area contributed by atoms with Crippen molar-refractivity contribution in [2.24, 2.45) is 0 Å². The summed E-state index contributed by atoms with van der Waals surface area (Å²) in [6, 6.07) is 14.0. The number of unbranched alkanes of at least 4 members (excludes halogenated alkanes) is 8. The summed E-state index contributed by atoms with van der Waals surface area (Å²) in [5, 5.41) is 24.0. The largest absolute Gasteiger partial charge is 0.445 e. The van der Waals surface area contributed by atoms with Gasteiger partial charge in [-0.3, -0.25) is 0 Å². The van der Waals surface area contributed by atoms with Crippen LogP contribution in [0.4, 0.5) is 38.4 Å². The molecule has 2 aliphatic heterocycles. The van der Waals surface area contributed by atoms with Gasteiger partial charge in [-0.2, -0.15) is 0 Å². The van der Waals surface area contributed by atoms with Gasteiger partial charge in [0.25, 0.3) is 0 Å². The van der Waals surface area contributed by atoms with E-state index in [2.05, 4.69) is 52.5 Å². The fourth-order valence-corrected chi connectivity index (χ4v) is 11.9. The molecule has 32 heteroatoms. The minimum absolute atomic E-state index is 0.0789. The molecule has 0 radical (unpaired) electrons. The second kappa shape index (κ2) is 43.7. The van der Waals surface area contributed by atoms with Gasteiger partial charge in [0, 0.05) is 96.2 Å². The molecule has 9 rings (SSSR count). The third-order valence-corrected chi connectivity index (χ3v) is 18.4. The highest BCUT2D eigenvalue weighted by molar-refractivity contribution is 6.07. The maximum atomic E-state index is 13.4. The summed E-state index contributed by atoms with van der Waals surface area (Å²) in [6.45, 7) is 16.6. The number of aromatic amines is 2. The Morgan fingerprint density at radius 2 is 0.393 bits per heavy atom. The van der Waals surface area contributed by atoms with Crippen LogP contribution in [0, 0.1) is 0 Å². The Morgan fingerprint density at radius 3 is 0.545 bits per heavy atom. The number of benzene rings is 4. The molecule has 10 N–H and O–H groups in total. The highest BCUT2D eigenvalue weighted by Gasteiger charge is 2.29. The molecule has 8 amide bonds. The van der Waals surface area contributed by atoms with Crippen LogP contribution in [0.15, 0.2) is 48.5 Å². The zero-order valence-electron chi connectivity index (χ0n) is 65.5. The van der Waals surface area contributed by atoms with Gasteiger partial charge in [0.05, 0.1) is 0 Å². The van der Waals surface area contributed by atoms with Crippen molar-refractivity contribution >= 4 is 92.9 Å². The standard InChI is InChI=1S/C80H106N16O16/c1-9-17-25-81-73(97)105-41-49-33-57-58(34-50(49)42-106-74(98)82-26-18-10-2)66-89-65(57)93-67-59-35-51(43-107-75(99)83-27-19-11-3)52(44-108-76(100)84-28-20-12-4)36-60(59)69(90-67)95-71-63-39-55(47-111-79(103)87-31-23-15-7)56(48-112-80(104)88-32-24-16-8)40-64(63)72(92-71)96-70-62-38-54(46-110-78(102)86-30-22-14-6)53(37-61(62)68(91-70)94-66)45-109-77(101)85-29-21-13-5/h33-40H,9-32,41-48H2,1-8H3,(H,81,97)(H,82,98)(H,83,99)(H,84,100)(H,85,101)(H,86,102)(H,87,103)(H,88,104)(H2,89,90,91,92,93,94,95,96). The topological polar surface area (TPSA) is 416 Å². The number of nitrogens with zero attached hydrogens (tertiary/aromatic N) is 6. The van der Waals surface area contributed by atoms with Crippen molar-refractivity contribution in [1.82, 2.24) is 82.4 Å². The minimum atomic E-state index is -0.678. The Hall–Kier alpha value is -11.6. The fraction of sp³-hybridized carbons (Fsp3) is 0.500. The average Bonchev–Trinajstić information content (AvgIpc) is 1.59. The zero-order chi connectivity index (χ0) is 79.7. The average molecular weight is 1550 g/mol. The molecule has 602 valence electrons. The first-order chi connectivity index (χ1) is 54.5. The van der Waals surface area contributed by atoms with E-state index in [-0.39, 0.29) is 98.7 Å². The van der Waals surface area contributed by atoms with E-state index < -0.39 is 48.7 Å². The first-order valence-corrected chi connectivity index (χ1v) is 39.2. The van der Waals surface area contributed by atoms with E-state index in [1.165, 1.54) is 0 Å². The fourth-order valence-electron chi connectivity index (χ4n) is 11.9. The van der Waals surface area contributed by atoms with Gasteiger partial charge >= 0.3 is 48.7 Å². The van der Waals surface area contributed by atoms with E-state index in [1.54, 1.807) is 48.5 Å². The number of nitrogens with one attached hydrogen (secondary N) is 10. The molecule has 32 nitrogen and oxygen atoms in total. The summed E-state index contributed by atoms with van der Waals surface area (Å²) >= 11 is 0. The van der Waals surface area contributed by atoms with Gasteiger partial charge in [-0.1, -0.05) is 107 Å². The monoisotopic (exact) mass is 1550 g/mol. The number of H-pyrrole nitrogens is 2. The van der Waals surface area contributed by atoms with Gasteiger partial charge in [0.1, 0.15) is 75.4 Å². The Morgan fingerprint density at radius 1 is 0.241 bits per heavy atom. The quantitative estimate of drug-likeness (QED) is 0.0126. The maximum absolute atomic E-state index is 13.4. The lowest BCUT2D eigenvalue weighted by atomic mass is 9.99. The maximum Gasteiger partial charge on any atom is 0.407 e. The first-order valence-electron chi connectivity index (χ1n) is 39.2. The number of alkyl carbamates (subject to hydrolysis) is 8. The van der Waals surface area contributed by atoms with E-state index in [0.29, 0.717) is 192 Å². The van der Waals surface area contributed by atoms with Crippen LogP contribution in [0.2, 0.25) is 0 Å². The van der Waals surface area contributed by atoms with Crippen molar-refractivity contribution in [3.8, 4) is 45.6 Å². The number of carbonyl (C=O) groups excluding carboxylic acids is 8.